The second-order valence-electron chi connectivity index (χ2n) is 5.90. The van der Waals surface area contributed by atoms with Gasteiger partial charge in [-0.1, -0.05) is 38.1 Å². The maximum Gasteiger partial charge on any atom is 0.226 e. The van der Waals surface area contributed by atoms with Crippen LogP contribution in [0.5, 0.6) is 0 Å². The summed E-state index contributed by atoms with van der Waals surface area (Å²) in [6, 6.07) is 8.46. The number of carbonyl (C=O) groups is 1. The Morgan fingerprint density at radius 1 is 1.37 bits per heavy atom. The third-order valence-corrected chi connectivity index (χ3v) is 3.74. The molecule has 1 aromatic carbocycles. The van der Waals surface area contributed by atoms with Crippen LogP contribution in [0.4, 0.5) is 0 Å². The van der Waals surface area contributed by atoms with Crippen LogP contribution in [0.15, 0.2) is 24.3 Å². The van der Waals surface area contributed by atoms with Gasteiger partial charge >= 0.3 is 0 Å². The highest BCUT2D eigenvalue weighted by Gasteiger charge is 2.27. The number of carbonyl (C=O) groups excluding carboxylic acids is 1. The fraction of sp³-hybridized carbons (Fsp3) is 0.562. The predicted octanol–water partition coefficient (Wildman–Crippen LogP) is 2.42. The Bertz CT molecular complexity index is 438. The first-order valence-electron chi connectivity index (χ1n) is 7.14. The van der Waals surface area contributed by atoms with Gasteiger partial charge in [0.1, 0.15) is 0 Å². The number of aryl methyl sites for hydroxylation is 1. The van der Waals surface area contributed by atoms with Gasteiger partial charge in [-0.25, -0.2) is 0 Å². The maximum absolute atomic E-state index is 12.2. The Morgan fingerprint density at radius 2 is 2.05 bits per heavy atom. The van der Waals surface area contributed by atoms with Crippen molar-refractivity contribution in [2.45, 2.75) is 33.2 Å². The minimum Gasteiger partial charge on any atom is -0.349 e. The summed E-state index contributed by atoms with van der Waals surface area (Å²) in [7, 11) is 0. The van der Waals surface area contributed by atoms with Gasteiger partial charge in [-0.15, -0.1) is 0 Å². The minimum absolute atomic E-state index is 0.134. The molecule has 2 N–H and O–H groups in total. The number of nitrogens with one attached hydrogen (secondary N) is 2. The van der Waals surface area contributed by atoms with Crippen molar-refractivity contribution in [3.8, 4) is 0 Å². The molecule has 1 amide bonds. The Hall–Kier alpha value is -1.35. The van der Waals surface area contributed by atoms with Crippen molar-refractivity contribution < 1.29 is 4.79 Å². The molecular formula is C16H24N2O. The van der Waals surface area contributed by atoms with E-state index in [1.54, 1.807) is 0 Å². The number of benzene rings is 1. The highest BCUT2D eigenvalue weighted by Crippen LogP contribution is 2.24. The smallest absolute Gasteiger partial charge is 0.226 e. The molecule has 3 heteroatoms. The van der Waals surface area contributed by atoms with Gasteiger partial charge in [0.2, 0.25) is 5.91 Å². The summed E-state index contributed by atoms with van der Waals surface area (Å²) >= 11 is 0. The topological polar surface area (TPSA) is 41.1 Å². The Balaban J connectivity index is 2.11. The summed E-state index contributed by atoms with van der Waals surface area (Å²) in [6.07, 6.45) is 0.983. The molecule has 0 bridgehead atoms. The standard InChI is InChI=1S/C16H24N2O/c1-11(2)8-15(14-7-5-4-6-12(14)3)18-16(19)13-9-17-10-13/h4-7,11,13,15,17H,8-10H2,1-3H3,(H,18,19). The Morgan fingerprint density at radius 3 is 2.58 bits per heavy atom. The molecule has 1 aliphatic rings. The molecule has 1 atom stereocenters. The van der Waals surface area contributed by atoms with E-state index in [0.29, 0.717) is 5.92 Å². The minimum atomic E-state index is 0.134. The first kappa shape index (κ1) is 14.1. The first-order chi connectivity index (χ1) is 9.08. The molecule has 2 rings (SSSR count). The van der Waals surface area contributed by atoms with E-state index in [4.69, 9.17) is 0 Å². The third kappa shape index (κ3) is 3.57. The number of hydrogen-bond donors (Lipinski definition) is 2. The average molecular weight is 260 g/mol. The van der Waals surface area contributed by atoms with E-state index in [2.05, 4.69) is 43.5 Å². The van der Waals surface area contributed by atoms with Gasteiger partial charge < -0.3 is 10.6 Å². The molecule has 19 heavy (non-hydrogen) atoms. The molecule has 0 radical (unpaired) electrons. The summed E-state index contributed by atoms with van der Waals surface area (Å²) in [5.41, 5.74) is 2.50. The van der Waals surface area contributed by atoms with Crippen molar-refractivity contribution in [2.24, 2.45) is 11.8 Å². The number of rotatable bonds is 5. The van der Waals surface area contributed by atoms with E-state index in [1.807, 2.05) is 12.1 Å². The van der Waals surface area contributed by atoms with Gasteiger partial charge in [0.05, 0.1) is 12.0 Å². The van der Waals surface area contributed by atoms with Crippen LogP contribution in [-0.2, 0) is 4.79 Å². The van der Waals surface area contributed by atoms with Crippen LogP contribution in [0.3, 0.4) is 0 Å². The van der Waals surface area contributed by atoms with Crippen molar-refractivity contribution in [1.82, 2.24) is 10.6 Å². The molecule has 1 aromatic rings. The number of hydrogen-bond acceptors (Lipinski definition) is 2. The van der Waals surface area contributed by atoms with Crippen LogP contribution in [0.25, 0.3) is 0 Å². The molecule has 1 saturated heterocycles. The van der Waals surface area contributed by atoms with Crippen LogP contribution in [0.2, 0.25) is 0 Å². The Labute approximate surface area is 115 Å². The lowest BCUT2D eigenvalue weighted by molar-refractivity contribution is -0.127. The second-order valence-corrected chi connectivity index (χ2v) is 5.90. The zero-order valence-corrected chi connectivity index (χ0v) is 12.1. The maximum atomic E-state index is 12.2. The van der Waals surface area contributed by atoms with E-state index in [1.165, 1.54) is 11.1 Å². The molecule has 0 aliphatic carbocycles. The zero-order chi connectivity index (χ0) is 13.8. The van der Waals surface area contributed by atoms with E-state index >= 15 is 0 Å². The van der Waals surface area contributed by atoms with Crippen molar-refractivity contribution in [3.05, 3.63) is 35.4 Å². The van der Waals surface area contributed by atoms with E-state index < -0.39 is 0 Å². The van der Waals surface area contributed by atoms with Crippen molar-refractivity contribution in [2.75, 3.05) is 13.1 Å². The summed E-state index contributed by atoms with van der Waals surface area (Å²) in [4.78, 5) is 12.2. The molecule has 0 spiro atoms. The van der Waals surface area contributed by atoms with Crippen LogP contribution in [-0.4, -0.2) is 19.0 Å². The predicted molar refractivity (Wildman–Crippen MR) is 77.9 cm³/mol. The molecule has 1 fully saturated rings. The summed E-state index contributed by atoms with van der Waals surface area (Å²) < 4.78 is 0. The fourth-order valence-electron chi connectivity index (χ4n) is 2.48. The van der Waals surface area contributed by atoms with Gasteiger partial charge in [0.15, 0.2) is 0 Å². The highest BCUT2D eigenvalue weighted by molar-refractivity contribution is 5.80. The molecule has 0 saturated carbocycles. The zero-order valence-electron chi connectivity index (χ0n) is 12.1. The lowest BCUT2D eigenvalue weighted by atomic mass is 9.92. The fourth-order valence-corrected chi connectivity index (χ4v) is 2.48. The first-order valence-corrected chi connectivity index (χ1v) is 7.14. The van der Waals surface area contributed by atoms with Crippen LogP contribution >= 0.6 is 0 Å². The average Bonchev–Trinajstić information content (AvgIpc) is 2.25. The number of amides is 1. The second kappa shape index (κ2) is 6.20. The molecule has 1 heterocycles. The Kier molecular flexibility index (Phi) is 4.59. The van der Waals surface area contributed by atoms with Crippen molar-refractivity contribution >= 4 is 5.91 Å². The molecular weight excluding hydrogens is 236 g/mol. The molecule has 1 unspecified atom stereocenters. The van der Waals surface area contributed by atoms with Crippen LogP contribution in [0.1, 0.15) is 37.4 Å². The largest absolute Gasteiger partial charge is 0.349 e. The van der Waals surface area contributed by atoms with Crippen molar-refractivity contribution in [3.63, 3.8) is 0 Å². The normalized spacial score (nSPS) is 17.1. The quantitative estimate of drug-likeness (QED) is 0.853. The molecule has 1 aliphatic heterocycles. The summed E-state index contributed by atoms with van der Waals surface area (Å²) in [5.74, 6) is 0.899. The van der Waals surface area contributed by atoms with Gasteiger partial charge in [-0.3, -0.25) is 4.79 Å². The monoisotopic (exact) mass is 260 g/mol. The summed E-state index contributed by atoms with van der Waals surface area (Å²) in [6.45, 7) is 8.13. The van der Waals surface area contributed by atoms with E-state index in [-0.39, 0.29) is 17.9 Å². The van der Waals surface area contributed by atoms with Gasteiger partial charge in [0, 0.05) is 13.1 Å². The van der Waals surface area contributed by atoms with Gasteiger partial charge in [0.25, 0.3) is 0 Å². The molecule has 3 nitrogen and oxygen atoms in total. The van der Waals surface area contributed by atoms with Gasteiger partial charge in [-0.05, 0) is 30.4 Å². The van der Waals surface area contributed by atoms with Crippen LogP contribution < -0.4 is 10.6 Å². The lowest BCUT2D eigenvalue weighted by Gasteiger charge is -2.30. The van der Waals surface area contributed by atoms with E-state index in [9.17, 15) is 4.79 Å². The lowest BCUT2D eigenvalue weighted by Crippen LogP contribution is -2.51. The summed E-state index contributed by atoms with van der Waals surface area (Å²) in [5, 5.41) is 6.37. The van der Waals surface area contributed by atoms with Crippen molar-refractivity contribution in [1.29, 1.82) is 0 Å². The molecule has 104 valence electrons. The van der Waals surface area contributed by atoms with E-state index in [0.717, 1.165) is 19.5 Å². The third-order valence-electron chi connectivity index (χ3n) is 3.74. The van der Waals surface area contributed by atoms with Crippen LogP contribution in [0, 0.1) is 18.8 Å². The highest BCUT2D eigenvalue weighted by atomic mass is 16.2. The molecule has 0 aromatic heterocycles. The van der Waals surface area contributed by atoms with Gasteiger partial charge in [-0.2, -0.15) is 0 Å². The SMILES string of the molecule is Cc1ccccc1C(CC(C)C)NC(=O)C1CNC1.